The van der Waals surface area contributed by atoms with Crippen molar-refractivity contribution in [2.45, 2.75) is 59.7 Å². The molecule has 0 radical (unpaired) electrons. The highest BCUT2D eigenvalue weighted by Gasteiger charge is 2.46. The monoisotopic (exact) mass is 513 g/mol. The topological polar surface area (TPSA) is 76.1 Å². The summed E-state index contributed by atoms with van der Waals surface area (Å²) in [6.45, 7) is 12.4. The number of carbonyl (C=O) groups excluding carboxylic acids is 2. The minimum Gasteiger partial charge on any atom is -0.507 e. The van der Waals surface area contributed by atoms with Crippen LogP contribution in [0.3, 0.4) is 0 Å². The summed E-state index contributed by atoms with van der Waals surface area (Å²) in [6, 6.07) is 19.7. The molecule has 1 heterocycles. The molecule has 3 aromatic carbocycles. The first-order chi connectivity index (χ1) is 18.0. The van der Waals surface area contributed by atoms with Gasteiger partial charge in [-0.15, -0.1) is 0 Å². The molecule has 38 heavy (non-hydrogen) atoms. The molecule has 0 aliphatic carbocycles. The summed E-state index contributed by atoms with van der Waals surface area (Å²) in [5, 5.41) is 11.4. The van der Waals surface area contributed by atoms with E-state index in [1.807, 2.05) is 90.1 Å². The van der Waals surface area contributed by atoms with Crippen molar-refractivity contribution in [2.75, 3.05) is 6.61 Å². The number of hydrogen-bond donors (Lipinski definition) is 1. The summed E-state index contributed by atoms with van der Waals surface area (Å²) < 4.78 is 11.5. The van der Waals surface area contributed by atoms with Crippen LogP contribution in [0.1, 0.15) is 61.6 Å². The van der Waals surface area contributed by atoms with Crippen molar-refractivity contribution in [1.82, 2.24) is 4.90 Å². The Balaban J connectivity index is 1.76. The molecule has 6 heteroatoms. The lowest BCUT2D eigenvalue weighted by atomic mass is 9.94. The highest BCUT2D eigenvalue weighted by atomic mass is 16.5. The molecule has 1 unspecified atom stereocenters. The van der Waals surface area contributed by atoms with E-state index in [9.17, 15) is 14.7 Å². The number of aryl methyl sites for hydroxylation is 2. The lowest BCUT2D eigenvalue weighted by Crippen LogP contribution is -2.29. The Hall–Kier alpha value is -4.06. The molecule has 0 bridgehead atoms. The number of aliphatic hydroxyl groups is 1. The zero-order chi connectivity index (χ0) is 27.6. The molecule has 1 amide bonds. The molecule has 1 atom stereocenters. The smallest absolute Gasteiger partial charge is 0.295 e. The third-order valence-corrected chi connectivity index (χ3v) is 6.35. The summed E-state index contributed by atoms with van der Waals surface area (Å²) in [5.41, 5.74) is 3.65. The number of aliphatic hydroxyl groups excluding tert-OH is 1. The lowest BCUT2D eigenvalue weighted by Gasteiger charge is -2.26. The van der Waals surface area contributed by atoms with Crippen LogP contribution in [0.2, 0.25) is 0 Å². The Bertz CT molecular complexity index is 1380. The van der Waals surface area contributed by atoms with E-state index in [1.165, 1.54) is 4.90 Å². The number of likely N-dealkylation sites (tertiary alicyclic amines) is 1. The summed E-state index contributed by atoms with van der Waals surface area (Å²) in [4.78, 5) is 28.3. The van der Waals surface area contributed by atoms with Crippen LogP contribution in [0.5, 0.6) is 11.5 Å². The van der Waals surface area contributed by atoms with Crippen molar-refractivity contribution >= 4 is 17.4 Å². The minimum absolute atomic E-state index is 0.0804. The van der Waals surface area contributed by atoms with E-state index in [4.69, 9.17) is 9.47 Å². The molecule has 1 aliphatic rings. The quantitative estimate of drug-likeness (QED) is 0.222. The molecular formula is C32H35NO5. The van der Waals surface area contributed by atoms with Gasteiger partial charge < -0.3 is 19.5 Å². The first-order valence-electron chi connectivity index (χ1n) is 12.8. The molecule has 0 aromatic heterocycles. The maximum atomic E-state index is 13.4. The van der Waals surface area contributed by atoms with Gasteiger partial charge in [-0.2, -0.15) is 0 Å². The zero-order valence-corrected chi connectivity index (χ0v) is 22.9. The average Bonchev–Trinajstić information content (AvgIpc) is 3.10. The SMILES string of the molecule is CCOc1ccc(/C(O)=C2/C(=O)C(=O)N(Cc3ccc(OC(C)(C)C)cc3)C2c2cccc(C)c2)cc1C. The molecule has 6 nitrogen and oxygen atoms in total. The molecule has 0 saturated carbocycles. The second-order valence-corrected chi connectivity index (χ2v) is 10.6. The number of carbonyl (C=O) groups is 2. The third kappa shape index (κ3) is 5.75. The van der Waals surface area contributed by atoms with Gasteiger partial charge in [0.05, 0.1) is 18.2 Å². The van der Waals surface area contributed by atoms with E-state index in [0.29, 0.717) is 17.9 Å². The first kappa shape index (κ1) is 27.0. The molecule has 198 valence electrons. The highest BCUT2D eigenvalue weighted by molar-refractivity contribution is 6.46. The van der Waals surface area contributed by atoms with Crippen molar-refractivity contribution in [3.63, 3.8) is 0 Å². The molecule has 1 saturated heterocycles. The van der Waals surface area contributed by atoms with Gasteiger partial charge in [-0.25, -0.2) is 0 Å². The first-order valence-corrected chi connectivity index (χ1v) is 12.8. The highest BCUT2D eigenvalue weighted by Crippen LogP contribution is 2.41. The number of Topliss-reactive ketones (excluding diaryl/α,β-unsaturated/α-hetero) is 1. The molecule has 1 fully saturated rings. The van der Waals surface area contributed by atoms with E-state index in [1.54, 1.807) is 18.2 Å². The summed E-state index contributed by atoms with van der Waals surface area (Å²) in [7, 11) is 0. The Labute approximate surface area is 224 Å². The van der Waals surface area contributed by atoms with Crippen molar-refractivity contribution in [3.8, 4) is 11.5 Å². The van der Waals surface area contributed by atoms with Crippen LogP contribution in [0.4, 0.5) is 0 Å². The number of amides is 1. The number of ketones is 1. The number of benzene rings is 3. The van der Waals surface area contributed by atoms with Gasteiger partial charge in [0.2, 0.25) is 0 Å². The molecular weight excluding hydrogens is 478 g/mol. The van der Waals surface area contributed by atoms with Gasteiger partial charge in [0.15, 0.2) is 0 Å². The Morgan fingerprint density at radius 2 is 1.68 bits per heavy atom. The largest absolute Gasteiger partial charge is 0.507 e. The van der Waals surface area contributed by atoms with Crippen molar-refractivity contribution in [1.29, 1.82) is 0 Å². The molecule has 4 rings (SSSR count). The third-order valence-electron chi connectivity index (χ3n) is 6.35. The Morgan fingerprint density at radius 3 is 2.29 bits per heavy atom. The van der Waals surface area contributed by atoms with Crippen LogP contribution >= 0.6 is 0 Å². The number of nitrogens with zero attached hydrogens (tertiary/aromatic N) is 1. The maximum absolute atomic E-state index is 13.4. The van der Waals surface area contributed by atoms with Gasteiger partial charge >= 0.3 is 0 Å². The second kappa shape index (κ2) is 10.7. The fourth-order valence-electron chi connectivity index (χ4n) is 4.71. The van der Waals surface area contributed by atoms with Gasteiger partial charge in [-0.05, 0) is 88.6 Å². The van der Waals surface area contributed by atoms with E-state index in [-0.39, 0.29) is 23.5 Å². The normalized spacial score (nSPS) is 17.1. The fourth-order valence-corrected chi connectivity index (χ4v) is 4.71. The van der Waals surface area contributed by atoms with Crippen LogP contribution in [-0.2, 0) is 16.1 Å². The van der Waals surface area contributed by atoms with Crippen molar-refractivity contribution < 1.29 is 24.2 Å². The zero-order valence-electron chi connectivity index (χ0n) is 22.9. The van der Waals surface area contributed by atoms with Gasteiger partial charge in [0.1, 0.15) is 22.9 Å². The van der Waals surface area contributed by atoms with Crippen molar-refractivity contribution in [3.05, 3.63) is 100 Å². The Morgan fingerprint density at radius 1 is 0.974 bits per heavy atom. The van der Waals surface area contributed by atoms with Crippen LogP contribution in [0, 0.1) is 13.8 Å². The second-order valence-electron chi connectivity index (χ2n) is 10.6. The predicted octanol–water partition coefficient (Wildman–Crippen LogP) is 6.50. The van der Waals surface area contributed by atoms with Gasteiger partial charge in [-0.1, -0.05) is 42.0 Å². The van der Waals surface area contributed by atoms with E-state index >= 15 is 0 Å². The van der Waals surface area contributed by atoms with Gasteiger partial charge in [0, 0.05) is 12.1 Å². The lowest BCUT2D eigenvalue weighted by molar-refractivity contribution is -0.140. The summed E-state index contributed by atoms with van der Waals surface area (Å²) in [6.07, 6.45) is 0. The Kier molecular flexibility index (Phi) is 7.63. The predicted molar refractivity (Wildman–Crippen MR) is 148 cm³/mol. The van der Waals surface area contributed by atoms with Crippen LogP contribution < -0.4 is 9.47 Å². The van der Waals surface area contributed by atoms with E-state index in [0.717, 1.165) is 28.0 Å². The van der Waals surface area contributed by atoms with Gasteiger partial charge in [-0.3, -0.25) is 9.59 Å². The summed E-state index contributed by atoms with van der Waals surface area (Å²) in [5.74, 6) is -0.107. The molecule has 3 aromatic rings. The van der Waals surface area contributed by atoms with Crippen LogP contribution in [0.15, 0.2) is 72.3 Å². The number of hydrogen-bond acceptors (Lipinski definition) is 5. The van der Waals surface area contributed by atoms with E-state index in [2.05, 4.69) is 0 Å². The van der Waals surface area contributed by atoms with Crippen LogP contribution in [0.25, 0.3) is 5.76 Å². The minimum atomic E-state index is -0.729. The van der Waals surface area contributed by atoms with Crippen LogP contribution in [-0.4, -0.2) is 33.9 Å². The number of rotatable bonds is 7. The molecule has 0 spiro atoms. The summed E-state index contributed by atoms with van der Waals surface area (Å²) >= 11 is 0. The van der Waals surface area contributed by atoms with Crippen molar-refractivity contribution in [2.24, 2.45) is 0 Å². The molecule has 1 N–H and O–H groups in total. The standard InChI is InChI=1S/C32H35NO5/c1-7-37-26-16-13-24(18-21(26)3)29(34)27-28(23-10-8-9-20(2)17-23)33(31(36)30(27)35)19-22-11-14-25(15-12-22)38-32(4,5)6/h8-18,28,34H,7,19H2,1-6H3/b29-27-. The average molecular weight is 514 g/mol. The van der Waals surface area contributed by atoms with E-state index < -0.39 is 17.7 Å². The molecule has 1 aliphatic heterocycles. The fraction of sp³-hybridized carbons (Fsp3) is 0.312. The maximum Gasteiger partial charge on any atom is 0.295 e. The van der Waals surface area contributed by atoms with Gasteiger partial charge in [0.25, 0.3) is 11.7 Å². The number of ether oxygens (including phenoxy) is 2.